The summed E-state index contributed by atoms with van der Waals surface area (Å²) in [5.41, 5.74) is 3.38. The molecule has 0 aliphatic heterocycles. The number of carbonyl (C=O) groups excluding carboxylic acids is 1. The van der Waals surface area contributed by atoms with Crippen molar-refractivity contribution in [3.8, 4) is 5.75 Å². The van der Waals surface area contributed by atoms with Crippen LogP contribution < -0.4 is 10.1 Å². The molecule has 0 saturated heterocycles. The molecule has 18 heavy (non-hydrogen) atoms. The molecule has 100 valence electrons. The van der Waals surface area contributed by atoms with Crippen LogP contribution in [-0.2, 0) is 11.3 Å². The first kappa shape index (κ1) is 14.6. The van der Waals surface area contributed by atoms with Gasteiger partial charge in [-0.05, 0) is 42.5 Å². The van der Waals surface area contributed by atoms with Gasteiger partial charge in [-0.2, -0.15) is 0 Å². The zero-order valence-electron chi connectivity index (χ0n) is 12.0. The van der Waals surface area contributed by atoms with Crippen molar-refractivity contribution in [2.24, 2.45) is 5.92 Å². The van der Waals surface area contributed by atoms with Crippen molar-refractivity contribution in [2.75, 3.05) is 7.11 Å². The molecule has 0 radical (unpaired) electrons. The van der Waals surface area contributed by atoms with Gasteiger partial charge in [-0.1, -0.05) is 19.9 Å². The van der Waals surface area contributed by atoms with Gasteiger partial charge in [-0.3, -0.25) is 4.79 Å². The summed E-state index contributed by atoms with van der Waals surface area (Å²) in [6, 6.07) is 4.09. The minimum absolute atomic E-state index is 0.109. The molecule has 1 N–H and O–H groups in total. The van der Waals surface area contributed by atoms with Crippen LogP contribution in [0.5, 0.6) is 5.75 Å². The number of ether oxygens (including phenoxy) is 1. The van der Waals surface area contributed by atoms with Gasteiger partial charge in [0.1, 0.15) is 5.75 Å². The first-order valence-corrected chi connectivity index (χ1v) is 6.34. The van der Waals surface area contributed by atoms with E-state index in [1.807, 2.05) is 33.8 Å². The minimum Gasteiger partial charge on any atom is -0.496 e. The van der Waals surface area contributed by atoms with Crippen LogP contribution in [0.2, 0.25) is 0 Å². The van der Waals surface area contributed by atoms with Crippen LogP contribution in [0.15, 0.2) is 12.1 Å². The van der Waals surface area contributed by atoms with E-state index in [9.17, 15) is 4.79 Å². The van der Waals surface area contributed by atoms with Gasteiger partial charge in [-0.25, -0.2) is 0 Å². The molecule has 0 aliphatic carbocycles. The Kier molecular flexibility index (Phi) is 5.20. The Hall–Kier alpha value is -1.51. The molecule has 0 atom stereocenters. The molecule has 0 aromatic heterocycles. The quantitative estimate of drug-likeness (QED) is 0.871. The average molecular weight is 249 g/mol. The number of aryl methyl sites for hydroxylation is 2. The van der Waals surface area contributed by atoms with Gasteiger partial charge in [0.05, 0.1) is 7.11 Å². The monoisotopic (exact) mass is 249 g/mol. The van der Waals surface area contributed by atoms with Gasteiger partial charge < -0.3 is 10.1 Å². The lowest BCUT2D eigenvalue weighted by molar-refractivity contribution is -0.121. The van der Waals surface area contributed by atoms with Gasteiger partial charge in [0.2, 0.25) is 5.91 Å². The number of benzene rings is 1. The molecule has 0 unspecified atom stereocenters. The number of hydrogen-bond donors (Lipinski definition) is 1. The van der Waals surface area contributed by atoms with Crippen LogP contribution in [0.3, 0.4) is 0 Å². The second kappa shape index (κ2) is 6.43. The fourth-order valence-electron chi connectivity index (χ4n) is 1.90. The second-order valence-corrected chi connectivity index (χ2v) is 5.12. The molecule has 0 fully saturated rings. The molecule has 3 heteroatoms. The first-order valence-electron chi connectivity index (χ1n) is 6.34. The number of carbonyl (C=O) groups is 1. The molecule has 0 saturated carbocycles. The molecule has 1 amide bonds. The summed E-state index contributed by atoms with van der Waals surface area (Å²) in [6.07, 6.45) is 0.578. The van der Waals surface area contributed by atoms with Crippen LogP contribution in [0.25, 0.3) is 0 Å². The Labute approximate surface area is 110 Å². The predicted molar refractivity (Wildman–Crippen MR) is 73.8 cm³/mol. The summed E-state index contributed by atoms with van der Waals surface area (Å²) >= 11 is 0. The molecule has 0 aliphatic rings. The van der Waals surface area contributed by atoms with E-state index >= 15 is 0 Å². The van der Waals surface area contributed by atoms with E-state index in [0.29, 0.717) is 18.9 Å². The smallest absolute Gasteiger partial charge is 0.220 e. The third kappa shape index (κ3) is 4.06. The van der Waals surface area contributed by atoms with Gasteiger partial charge >= 0.3 is 0 Å². The van der Waals surface area contributed by atoms with Crippen LogP contribution >= 0.6 is 0 Å². The Morgan fingerprint density at radius 1 is 1.28 bits per heavy atom. The van der Waals surface area contributed by atoms with Gasteiger partial charge in [0.15, 0.2) is 0 Å². The van der Waals surface area contributed by atoms with E-state index in [4.69, 9.17) is 4.74 Å². The molecule has 0 heterocycles. The lowest BCUT2D eigenvalue weighted by Gasteiger charge is -2.12. The second-order valence-electron chi connectivity index (χ2n) is 5.12. The third-order valence-electron chi connectivity index (χ3n) is 2.92. The number of hydrogen-bond acceptors (Lipinski definition) is 2. The van der Waals surface area contributed by atoms with Crippen molar-refractivity contribution in [1.29, 1.82) is 0 Å². The fourth-order valence-corrected chi connectivity index (χ4v) is 1.90. The summed E-state index contributed by atoms with van der Waals surface area (Å²) in [4.78, 5) is 11.6. The van der Waals surface area contributed by atoms with E-state index in [1.165, 1.54) is 0 Å². The van der Waals surface area contributed by atoms with Crippen LogP contribution in [0, 0.1) is 19.8 Å². The largest absolute Gasteiger partial charge is 0.496 e. The Morgan fingerprint density at radius 2 is 1.94 bits per heavy atom. The van der Waals surface area contributed by atoms with Gasteiger partial charge in [0, 0.05) is 13.0 Å². The zero-order chi connectivity index (χ0) is 13.7. The van der Waals surface area contributed by atoms with Crippen molar-refractivity contribution in [3.63, 3.8) is 0 Å². The molecule has 1 aromatic carbocycles. The molecule has 0 bridgehead atoms. The summed E-state index contributed by atoms with van der Waals surface area (Å²) in [6.45, 7) is 8.72. The first-order chi connectivity index (χ1) is 8.43. The lowest BCUT2D eigenvalue weighted by Crippen LogP contribution is -2.24. The minimum atomic E-state index is 0.109. The average Bonchev–Trinajstić information content (AvgIpc) is 2.28. The van der Waals surface area contributed by atoms with E-state index < -0.39 is 0 Å². The summed E-state index contributed by atoms with van der Waals surface area (Å²) in [5, 5.41) is 2.96. The van der Waals surface area contributed by atoms with Crippen LogP contribution in [0.1, 0.15) is 37.0 Å². The highest BCUT2D eigenvalue weighted by Gasteiger charge is 2.07. The maximum atomic E-state index is 11.6. The Bertz CT molecular complexity index is 425. The molecule has 1 rings (SSSR count). The molecular formula is C15H23NO2. The van der Waals surface area contributed by atoms with Crippen molar-refractivity contribution >= 4 is 5.91 Å². The van der Waals surface area contributed by atoms with Crippen LogP contribution in [0.4, 0.5) is 0 Å². The normalized spacial score (nSPS) is 10.6. The number of amides is 1. The third-order valence-corrected chi connectivity index (χ3v) is 2.92. The van der Waals surface area contributed by atoms with E-state index in [0.717, 1.165) is 22.4 Å². The topological polar surface area (TPSA) is 38.3 Å². The van der Waals surface area contributed by atoms with Crippen molar-refractivity contribution in [3.05, 3.63) is 28.8 Å². The standard InChI is InChI=1S/C15H23NO2/c1-10(2)6-15(17)16-9-13-7-12(4)14(18-5)8-11(13)3/h7-8,10H,6,9H2,1-5H3,(H,16,17). The fraction of sp³-hybridized carbons (Fsp3) is 0.533. The summed E-state index contributed by atoms with van der Waals surface area (Å²) < 4.78 is 5.27. The molecular weight excluding hydrogens is 226 g/mol. The highest BCUT2D eigenvalue weighted by atomic mass is 16.5. The highest BCUT2D eigenvalue weighted by Crippen LogP contribution is 2.22. The number of nitrogens with one attached hydrogen (secondary N) is 1. The van der Waals surface area contributed by atoms with E-state index in [2.05, 4.69) is 11.4 Å². The van der Waals surface area contributed by atoms with Crippen molar-refractivity contribution in [1.82, 2.24) is 5.32 Å². The predicted octanol–water partition coefficient (Wildman–Crippen LogP) is 2.97. The maximum Gasteiger partial charge on any atom is 0.220 e. The molecule has 1 aromatic rings. The van der Waals surface area contributed by atoms with Gasteiger partial charge in [-0.15, -0.1) is 0 Å². The Morgan fingerprint density at radius 3 is 2.50 bits per heavy atom. The van der Waals surface area contributed by atoms with E-state index in [-0.39, 0.29) is 5.91 Å². The summed E-state index contributed by atoms with van der Waals surface area (Å²) in [7, 11) is 1.67. The zero-order valence-corrected chi connectivity index (χ0v) is 12.0. The number of rotatable bonds is 5. The molecule has 0 spiro atoms. The molecule has 3 nitrogen and oxygen atoms in total. The Balaban J connectivity index is 2.68. The van der Waals surface area contributed by atoms with Crippen molar-refractivity contribution < 1.29 is 9.53 Å². The van der Waals surface area contributed by atoms with Gasteiger partial charge in [0.25, 0.3) is 0 Å². The highest BCUT2D eigenvalue weighted by molar-refractivity contribution is 5.76. The maximum absolute atomic E-state index is 11.6. The lowest BCUT2D eigenvalue weighted by atomic mass is 10.0. The van der Waals surface area contributed by atoms with E-state index in [1.54, 1.807) is 7.11 Å². The summed E-state index contributed by atoms with van der Waals surface area (Å²) in [5.74, 6) is 1.39. The number of methoxy groups -OCH3 is 1. The van der Waals surface area contributed by atoms with Crippen molar-refractivity contribution in [2.45, 2.75) is 40.7 Å². The SMILES string of the molecule is COc1cc(C)c(CNC(=O)CC(C)C)cc1C. The van der Waals surface area contributed by atoms with Crippen LogP contribution in [-0.4, -0.2) is 13.0 Å².